The smallest absolute Gasteiger partial charge is 0.134 e. The lowest BCUT2D eigenvalue weighted by Crippen LogP contribution is -2.22. The van der Waals surface area contributed by atoms with Gasteiger partial charge in [0.05, 0.1) is 11.6 Å². The molecule has 0 radical (unpaired) electrons. The van der Waals surface area contributed by atoms with Crippen molar-refractivity contribution in [3.8, 4) is 5.75 Å². The van der Waals surface area contributed by atoms with Crippen molar-refractivity contribution in [2.24, 2.45) is 0 Å². The molecule has 1 N–H and O–H groups in total. The first-order valence-corrected chi connectivity index (χ1v) is 5.16. The number of nitrogens with zero attached hydrogens (tertiary/aromatic N) is 1. The van der Waals surface area contributed by atoms with Gasteiger partial charge in [-0.3, -0.25) is 4.90 Å². The monoisotopic (exact) mass is 229 g/mol. The Morgan fingerprint density at radius 1 is 1.47 bits per heavy atom. The lowest BCUT2D eigenvalue weighted by atomic mass is 10.2. The van der Waals surface area contributed by atoms with E-state index in [-0.39, 0.29) is 5.75 Å². The van der Waals surface area contributed by atoms with Crippen molar-refractivity contribution in [2.75, 3.05) is 27.3 Å². The molecule has 0 fully saturated rings. The number of hydrogen-bond acceptors (Lipinski definition) is 3. The first-order chi connectivity index (χ1) is 7.13. The minimum absolute atomic E-state index is 0.125. The first-order valence-electron chi connectivity index (χ1n) is 4.78. The van der Waals surface area contributed by atoms with E-state index < -0.39 is 0 Å². The van der Waals surface area contributed by atoms with Crippen LogP contribution in [-0.2, 0) is 11.3 Å². The molecule has 0 bridgehead atoms. The van der Waals surface area contributed by atoms with Gasteiger partial charge in [0.25, 0.3) is 0 Å². The molecule has 0 heterocycles. The molecular weight excluding hydrogens is 214 g/mol. The standard InChI is InChI=1S/C11H16ClNO2/c1-13(5-6-15-2)8-9-3-4-11(14)10(12)7-9/h3-4,7,14H,5-6,8H2,1-2H3. The van der Waals surface area contributed by atoms with Gasteiger partial charge < -0.3 is 9.84 Å². The summed E-state index contributed by atoms with van der Waals surface area (Å²) in [4.78, 5) is 2.13. The van der Waals surface area contributed by atoms with Gasteiger partial charge in [-0.25, -0.2) is 0 Å². The Balaban J connectivity index is 2.53. The van der Waals surface area contributed by atoms with Crippen LogP contribution >= 0.6 is 11.6 Å². The lowest BCUT2D eigenvalue weighted by molar-refractivity contribution is 0.158. The number of halogens is 1. The highest BCUT2D eigenvalue weighted by atomic mass is 35.5. The van der Waals surface area contributed by atoms with Gasteiger partial charge in [-0.05, 0) is 24.7 Å². The van der Waals surface area contributed by atoms with Gasteiger partial charge in [0.15, 0.2) is 0 Å². The second-order valence-electron chi connectivity index (χ2n) is 3.52. The maximum Gasteiger partial charge on any atom is 0.134 e. The summed E-state index contributed by atoms with van der Waals surface area (Å²) < 4.78 is 4.99. The van der Waals surface area contributed by atoms with E-state index in [9.17, 15) is 5.11 Å². The maximum atomic E-state index is 9.25. The molecular formula is C11H16ClNO2. The highest BCUT2D eigenvalue weighted by molar-refractivity contribution is 6.32. The summed E-state index contributed by atoms with van der Waals surface area (Å²) in [6.07, 6.45) is 0. The van der Waals surface area contributed by atoms with Crippen LogP contribution in [0.1, 0.15) is 5.56 Å². The molecule has 0 aliphatic rings. The van der Waals surface area contributed by atoms with Gasteiger partial charge in [0.2, 0.25) is 0 Å². The molecule has 0 aliphatic carbocycles. The van der Waals surface area contributed by atoms with Crippen molar-refractivity contribution in [1.29, 1.82) is 0 Å². The highest BCUT2D eigenvalue weighted by Crippen LogP contribution is 2.23. The Bertz CT molecular complexity index is 317. The lowest BCUT2D eigenvalue weighted by Gasteiger charge is -2.16. The van der Waals surface area contributed by atoms with Crippen LogP contribution in [0.25, 0.3) is 0 Å². The number of aromatic hydroxyl groups is 1. The molecule has 15 heavy (non-hydrogen) atoms. The Morgan fingerprint density at radius 3 is 2.80 bits per heavy atom. The Kier molecular flexibility index (Phi) is 4.88. The Hall–Kier alpha value is -0.770. The normalized spacial score (nSPS) is 10.9. The zero-order chi connectivity index (χ0) is 11.3. The van der Waals surface area contributed by atoms with Crippen molar-refractivity contribution in [1.82, 2.24) is 4.90 Å². The predicted molar refractivity (Wildman–Crippen MR) is 61.3 cm³/mol. The largest absolute Gasteiger partial charge is 0.506 e. The van der Waals surface area contributed by atoms with Gasteiger partial charge in [-0.15, -0.1) is 0 Å². The van der Waals surface area contributed by atoms with Crippen molar-refractivity contribution in [3.63, 3.8) is 0 Å². The molecule has 3 nitrogen and oxygen atoms in total. The van der Waals surface area contributed by atoms with E-state index in [0.29, 0.717) is 11.6 Å². The van der Waals surface area contributed by atoms with Crippen LogP contribution in [0.4, 0.5) is 0 Å². The number of phenols is 1. The summed E-state index contributed by atoms with van der Waals surface area (Å²) in [5, 5.41) is 9.65. The molecule has 1 rings (SSSR count). The van der Waals surface area contributed by atoms with E-state index in [1.54, 1.807) is 19.2 Å². The molecule has 0 amide bonds. The summed E-state index contributed by atoms with van der Waals surface area (Å²) in [5.74, 6) is 0.125. The number of benzene rings is 1. The average Bonchev–Trinajstić information content (AvgIpc) is 2.20. The van der Waals surface area contributed by atoms with Gasteiger partial charge in [0, 0.05) is 20.2 Å². The second kappa shape index (κ2) is 5.95. The molecule has 0 spiro atoms. The van der Waals surface area contributed by atoms with Crippen LogP contribution in [0, 0.1) is 0 Å². The van der Waals surface area contributed by atoms with E-state index >= 15 is 0 Å². The quantitative estimate of drug-likeness (QED) is 0.840. The number of hydrogen-bond donors (Lipinski definition) is 1. The molecule has 0 aliphatic heterocycles. The molecule has 0 unspecified atom stereocenters. The summed E-state index contributed by atoms with van der Waals surface area (Å²) in [6.45, 7) is 2.38. The van der Waals surface area contributed by atoms with E-state index in [4.69, 9.17) is 16.3 Å². The fraction of sp³-hybridized carbons (Fsp3) is 0.455. The van der Waals surface area contributed by atoms with Crippen LogP contribution in [0.2, 0.25) is 5.02 Å². The SMILES string of the molecule is COCCN(C)Cc1ccc(O)c(Cl)c1. The molecule has 1 aromatic carbocycles. The van der Waals surface area contributed by atoms with Crippen molar-refractivity contribution in [3.05, 3.63) is 28.8 Å². The van der Waals surface area contributed by atoms with Crippen molar-refractivity contribution >= 4 is 11.6 Å². The zero-order valence-corrected chi connectivity index (χ0v) is 9.79. The number of methoxy groups -OCH3 is 1. The number of phenolic OH excluding ortho intramolecular Hbond substituents is 1. The number of ether oxygens (including phenoxy) is 1. The minimum atomic E-state index is 0.125. The fourth-order valence-electron chi connectivity index (χ4n) is 1.29. The van der Waals surface area contributed by atoms with Crippen molar-refractivity contribution < 1.29 is 9.84 Å². The molecule has 0 atom stereocenters. The third kappa shape index (κ3) is 4.08. The Morgan fingerprint density at radius 2 is 2.20 bits per heavy atom. The van der Waals surface area contributed by atoms with Crippen molar-refractivity contribution in [2.45, 2.75) is 6.54 Å². The second-order valence-corrected chi connectivity index (χ2v) is 3.92. The first kappa shape index (κ1) is 12.3. The van der Waals surface area contributed by atoms with Crippen LogP contribution in [0.5, 0.6) is 5.75 Å². The zero-order valence-electron chi connectivity index (χ0n) is 9.03. The molecule has 84 valence electrons. The van der Waals surface area contributed by atoms with E-state index in [2.05, 4.69) is 4.90 Å². The van der Waals surface area contributed by atoms with Crippen LogP contribution in [0.3, 0.4) is 0 Å². The van der Waals surface area contributed by atoms with E-state index in [1.807, 2.05) is 13.1 Å². The Labute approximate surface area is 95.2 Å². The van der Waals surface area contributed by atoms with Gasteiger partial charge in [-0.2, -0.15) is 0 Å². The summed E-state index contributed by atoms with van der Waals surface area (Å²) >= 11 is 5.81. The topological polar surface area (TPSA) is 32.7 Å². The number of rotatable bonds is 5. The molecule has 1 aromatic rings. The molecule has 0 saturated heterocycles. The number of likely N-dealkylation sites (N-methyl/N-ethyl adjacent to an activating group) is 1. The molecule has 0 aromatic heterocycles. The van der Waals surface area contributed by atoms with Gasteiger partial charge in [0.1, 0.15) is 5.75 Å². The molecule has 4 heteroatoms. The minimum Gasteiger partial charge on any atom is -0.506 e. The fourth-order valence-corrected chi connectivity index (χ4v) is 1.49. The average molecular weight is 230 g/mol. The summed E-state index contributed by atoms with van der Waals surface area (Å²) in [5.41, 5.74) is 1.08. The third-order valence-corrected chi connectivity index (χ3v) is 2.44. The van der Waals surface area contributed by atoms with Crippen LogP contribution in [0.15, 0.2) is 18.2 Å². The highest BCUT2D eigenvalue weighted by Gasteiger charge is 2.03. The predicted octanol–water partition coefficient (Wildman–Crippen LogP) is 2.12. The summed E-state index contributed by atoms with van der Waals surface area (Å²) in [7, 11) is 3.70. The third-order valence-electron chi connectivity index (χ3n) is 2.14. The van der Waals surface area contributed by atoms with Crippen LogP contribution in [-0.4, -0.2) is 37.3 Å². The van der Waals surface area contributed by atoms with Crippen LogP contribution < -0.4 is 0 Å². The van der Waals surface area contributed by atoms with E-state index in [0.717, 1.165) is 18.7 Å². The molecule has 0 saturated carbocycles. The maximum absolute atomic E-state index is 9.25. The van der Waals surface area contributed by atoms with Gasteiger partial charge in [-0.1, -0.05) is 17.7 Å². The summed E-state index contributed by atoms with van der Waals surface area (Å²) in [6, 6.07) is 5.26. The van der Waals surface area contributed by atoms with Gasteiger partial charge >= 0.3 is 0 Å². The van der Waals surface area contributed by atoms with E-state index in [1.165, 1.54) is 0 Å².